The molecular formula is C29H55NO3S. The molecule has 0 N–H and O–H groups in total. The number of rotatable bonds is 18. The minimum atomic E-state index is -4.25. The highest BCUT2D eigenvalue weighted by atomic mass is 32.2. The Labute approximate surface area is 212 Å². The zero-order valence-electron chi connectivity index (χ0n) is 23.3. The summed E-state index contributed by atoms with van der Waals surface area (Å²) in [6.45, 7) is 10.8. The Morgan fingerprint density at radius 1 is 0.706 bits per heavy atom. The highest BCUT2D eigenvalue weighted by molar-refractivity contribution is 7.85. The van der Waals surface area contributed by atoms with Gasteiger partial charge < -0.3 is 9.04 Å². The largest absolute Gasteiger partial charge is 0.744 e. The van der Waals surface area contributed by atoms with Gasteiger partial charge in [-0.3, -0.25) is 0 Å². The number of unbranched alkanes of at least 4 members (excludes halogenated alkanes) is 13. The topological polar surface area (TPSA) is 57.2 Å². The lowest BCUT2D eigenvalue weighted by atomic mass is 9.96. The van der Waals surface area contributed by atoms with Gasteiger partial charge in [0.25, 0.3) is 0 Å². The second-order valence-corrected chi connectivity index (χ2v) is 12.3. The molecule has 0 radical (unpaired) electrons. The lowest BCUT2D eigenvalue weighted by Gasteiger charge is -2.44. The van der Waals surface area contributed by atoms with Gasteiger partial charge in [0.2, 0.25) is 0 Å². The Balaban J connectivity index is 0.000000896. The van der Waals surface area contributed by atoms with Crippen LogP contribution in [0.25, 0.3) is 0 Å². The summed E-state index contributed by atoms with van der Waals surface area (Å²) >= 11 is 0. The molecule has 0 saturated carbocycles. The molecule has 5 heteroatoms. The molecule has 0 aliphatic heterocycles. The van der Waals surface area contributed by atoms with Crippen molar-refractivity contribution in [1.29, 1.82) is 0 Å². The van der Waals surface area contributed by atoms with E-state index in [9.17, 15) is 13.0 Å². The van der Waals surface area contributed by atoms with Crippen molar-refractivity contribution in [3.05, 3.63) is 30.3 Å². The van der Waals surface area contributed by atoms with Gasteiger partial charge in [0.05, 0.1) is 31.1 Å². The Morgan fingerprint density at radius 3 is 1.41 bits per heavy atom. The van der Waals surface area contributed by atoms with Crippen molar-refractivity contribution in [1.82, 2.24) is 0 Å². The van der Waals surface area contributed by atoms with E-state index in [2.05, 4.69) is 41.8 Å². The van der Waals surface area contributed by atoms with Gasteiger partial charge in [-0.05, 0) is 45.2 Å². The lowest BCUT2D eigenvalue weighted by molar-refractivity contribution is -0.938. The maximum atomic E-state index is 10.3. The lowest BCUT2D eigenvalue weighted by Crippen LogP contribution is -2.56. The molecular weight excluding hydrogens is 442 g/mol. The molecule has 1 aromatic carbocycles. The van der Waals surface area contributed by atoms with Crippen molar-refractivity contribution in [2.24, 2.45) is 0 Å². The van der Waals surface area contributed by atoms with E-state index in [-0.39, 0.29) is 4.90 Å². The molecule has 0 unspecified atom stereocenters. The second kappa shape index (κ2) is 18.4. The molecule has 0 atom stereocenters. The molecule has 0 spiro atoms. The van der Waals surface area contributed by atoms with Crippen LogP contribution in [0.5, 0.6) is 0 Å². The number of nitrogens with zero attached hydrogens (tertiary/aromatic N) is 1. The monoisotopic (exact) mass is 497 g/mol. The van der Waals surface area contributed by atoms with Crippen LogP contribution in [0.2, 0.25) is 0 Å². The standard InChI is InChI=1S/C23H50N.C6H6O3S/c1-7-9-10-11-12-13-14-15-16-17-18-19-20-21-22-24(5,6)23(3,4)8-2;7-10(8,9)6-4-2-1-3-5-6/h7-22H2,1-6H3;1-5H,(H,7,8,9)/q+1;/p-1. The third kappa shape index (κ3) is 15.9. The molecule has 34 heavy (non-hydrogen) atoms. The summed E-state index contributed by atoms with van der Waals surface area (Å²) in [5.41, 5.74) is 0.413. The maximum Gasteiger partial charge on any atom is 0.124 e. The minimum absolute atomic E-state index is 0.185. The first-order valence-corrected chi connectivity index (χ1v) is 15.2. The molecule has 0 amide bonds. The summed E-state index contributed by atoms with van der Waals surface area (Å²) in [5, 5.41) is 0. The van der Waals surface area contributed by atoms with Gasteiger partial charge in [-0.25, -0.2) is 8.42 Å². The van der Waals surface area contributed by atoms with Crippen LogP contribution in [0.15, 0.2) is 35.2 Å². The first-order valence-electron chi connectivity index (χ1n) is 13.8. The van der Waals surface area contributed by atoms with Crippen molar-refractivity contribution in [3.63, 3.8) is 0 Å². The molecule has 1 aromatic rings. The zero-order valence-corrected chi connectivity index (χ0v) is 24.1. The van der Waals surface area contributed by atoms with E-state index in [1.807, 2.05) is 0 Å². The molecule has 200 valence electrons. The van der Waals surface area contributed by atoms with Crippen molar-refractivity contribution >= 4 is 10.1 Å². The smallest absolute Gasteiger partial charge is 0.124 e. The van der Waals surface area contributed by atoms with Crippen molar-refractivity contribution in [2.45, 2.75) is 134 Å². The molecule has 0 heterocycles. The highest BCUT2D eigenvalue weighted by Crippen LogP contribution is 2.24. The van der Waals surface area contributed by atoms with Crippen LogP contribution in [0.4, 0.5) is 0 Å². The summed E-state index contributed by atoms with van der Waals surface area (Å²) in [5.74, 6) is 0. The summed E-state index contributed by atoms with van der Waals surface area (Å²) in [6.07, 6.45) is 21.6. The van der Waals surface area contributed by atoms with Crippen LogP contribution in [-0.4, -0.2) is 43.6 Å². The van der Waals surface area contributed by atoms with E-state index >= 15 is 0 Å². The molecule has 1 rings (SSSR count). The number of hydrogen-bond acceptors (Lipinski definition) is 3. The van der Waals surface area contributed by atoms with Crippen LogP contribution < -0.4 is 0 Å². The molecule has 0 aliphatic rings. The first-order chi connectivity index (χ1) is 16.0. The minimum Gasteiger partial charge on any atom is -0.744 e. The molecule has 0 bridgehead atoms. The van der Waals surface area contributed by atoms with Crippen molar-refractivity contribution < 1.29 is 17.5 Å². The first kappa shape index (κ1) is 33.1. The van der Waals surface area contributed by atoms with Gasteiger partial charge in [-0.2, -0.15) is 0 Å². The fraction of sp³-hybridized carbons (Fsp3) is 0.793. The summed E-state index contributed by atoms with van der Waals surface area (Å²) in [7, 11) is 0.564. The van der Waals surface area contributed by atoms with E-state index in [4.69, 9.17) is 0 Å². The van der Waals surface area contributed by atoms with Crippen LogP contribution >= 0.6 is 0 Å². The Hall–Kier alpha value is -0.910. The van der Waals surface area contributed by atoms with E-state index in [1.54, 1.807) is 6.07 Å². The van der Waals surface area contributed by atoms with Crippen LogP contribution in [-0.2, 0) is 10.1 Å². The number of quaternary nitrogens is 1. The molecule has 0 aliphatic carbocycles. The van der Waals surface area contributed by atoms with Crippen molar-refractivity contribution in [3.8, 4) is 0 Å². The molecule has 0 aromatic heterocycles. The van der Waals surface area contributed by atoms with Gasteiger partial charge in [0, 0.05) is 0 Å². The SMILES string of the molecule is CCCCCCCCCCCCCCCC[N+](C)(C)C(C)(C)CC.O=S(=O)([O-])c1ccccc1. The molecule has 0 fully saturated rings. The predicted molar refractivity (Wildman–Crippen MR) is 146 cm³/mol. The van der Waals surface area contributed by atoms with Gasteiger partial charge in [-0.1, -0.05) is 109 Å². The molecule has 0 saturated heterocycles. The Morgan fingerprint density at radius 2 is 1.09 bits per heavy atom. The average molecular weight is 498 g/mol. The van der Waals surface area contributed by atoms with E-state index in [0.717, 1.165) is 0 Å². The third-order valence-electron chi connectivity index (χ3n) is 7.61. The third-order valence-corrected chi connectivity index (χ3v) is 8.46. The highest BCUT2D eigenvalue weighted by Gasteiger charge is 2.33. The van der Waals surface area contributed by atoms with Gasteiger partial charge in [-0.15, -0.1) is 0 Å². The number of hydrogen-bond donors (Lipinski definition) is 0. The number of benzene rings is 1. The zero-order chi connectivity index (χ0) is 25.9. The Bertz CT molecular complexity index is 699. The van der Waals surface area contributed by atoms with E-state index in [1.165, 1.54) is 132 Å². The van der Waals surface area contributed by atoms with Gasteiger partial charge >= 0.3 is 0 Å². The molecule has 4 nitrogen and oxygen atoms in total. The maximum absolute atomic E-state index is 10.3. The van der Waals surface area contributed by atoms with Crippen LogP contribution in [0, 0.1) is 0 Å². The normalized spacial score (nSPS) is 12.3. The predicted octanol–water partition coefficient (Wildman–Crippen LogP) is 8.32. The Kier molecular flexibility index (Phi) is 17.9. The fourth-order valence-corrected chi connectivity index (χ4v) is 4.51. The summed E-state index contributed by atoms with van der Waals surface area (Å²) in [4.78, 5) is -0.185. The second-order valence-electron chi connectivity index (χ2n) is 10.9. The van der Waals surface area contributed by atoms with Crippen LogP contribution in [0.1, 0.15) is 124 Å². The van der Waals surface area contributed by atoms with E-state index < -0.39 is 10.1 Å². The summed E-state index contributed by atoms with van der Waals surface area (Å²) in [6, 6.07) is 7.19. The summed E-state index contributed by atoms with van der Waals surface area (Å²) < 4.78 is 32.0. The van der Waals surface area contributed by atoms with Crippen LogP contribution in [0.3, 0.4) is 0 Å². The fourth-order valence-electron chi connectivity index (χ4n) is 4.02. The quantitative estimate of drug-likeness (QED) is 0.116. The van der Waals surface area contributed by atoms with Crippen molar-refractivity contribution in [2.75, 3.05) is 20.6 Å². The van der Waals surface area contributed by atoms with Gasteiger partial charge in [0.1, 0.15) is 10.1 Å². The average Bonchev–Trinajstić information content (AvgIpc) is 2.79. The van der Waals surface area contributed by atoms with E-state index in [0.29, 0.717) is 5.54 Å². The van der Waals surface area contributed by atoms with Gasteiger partial charge in [0.15, 0.2) is 0 Å².